The van der Waals surface area contributed by atoms with Crippen LogP contribution in [-0.4, -0.2) is 28.3 Å². The fraction of sp³-hybridized carbons (Fsp3) is 1.00. The van der Waals surface area contributed by atoms with E-state index in [1.807, 2.05) is 0 Å². The lowest BCUT2D eigenvalue weighted by molar-refractivity contribution is -0.0130. The maximum Gasteiger partial charge on any atom is 0.0661 e. The Labute approximate surface area is 83.9 Å². The van der Waals surface area contributed by atoms with Gasteiger partial charge in [-0.1, -0.05) is 12.8 Å². The van der Waals surface area contributed by atoms with E-state index in [-0.39, 0.29) is 29.4 Å². The Kier molecular flexibility index (Phi) is 2.56. The van der Waals surface area contributed by atoms with Gasteiger partial charge in [-0.25, -0.2) is 0 Å². The van der Waals surface area contributed by atoms with Crippen LogP contribution in [0.1, 0.15) is 32.1 Å². The summed E-state index contributed by atoms with van der Waals surface area (Å²) >= 11 is 6.18. The minimum absolute atomic E-state index is 0.0717. The monoisotopic (exact) mass is 204 g/mol. The van der Waals surface area contributed by atoms with E-state index in [1.54, 1.807) is 0 Å². The van der Waals surface area contributed by atoms with Gasteiger partial charge in [-0.3, -0.25) is 0 Å². The van der Waals surface area contributed by atoms with Crippen molar-refractivity contribution >= 4 is 11.6 Å². The Bertz CT molecular complexity index is 197. The molecule has 0 unspecified atom stereocenters. The predicted molar refractivity (Wildman–Crippen MR) is 51.7 cm³/mol. The molecule has 2 bridgehead atoms. The largest absolute Gasteiger partial charge is 0.396 e. The third-order valence-corrected chi connectivity index (χ3v) is 4.35. The van der Waals surface area contributed by atoms with Gasteiger partial charge in [0.05, 0.1) is 12.7 Å². The first kappa shape index (κ1) is 9.75. The Morgan fingerprint density at radius 2 is 2.15 bits per heavy atom. The van der Waals surface area contributed by atoms with Crippen LogP contribution < -0.4 is 0 Å². The Morgan fingerprint density at radius 3 is 2.85 bits per heavy atom. The molecule has 76 valence electrons. The number of halogens is 1. The third-order valence-electron chi connectivity index (χ3n) is 3.88. The second-order valence-electron chi connectivity index (χ2n) is 4.60. The molecule has 0 aromatic carbocycles. The van der Waals surface area contributed by atoms with Gasteiger partial charge in [0.25, 0.3) is 0 Å². The minimum Gasteiger partial charge on any atom is -0.396 e. The molecule has 13 heavy (non-hydrogen) atoms. The first-order valence-corrected chi connectivity index (χ1v) is 5.56. The zero-order valence-corrected chi connectivity index (χ0v) is 8.50. The Balaban J connectivity index is 2.24. The van der Waals surface area contributed by atoms with Crippen LogP contribution in [0.2, 0.25) is 0 Å². The molecule has 3 heteroatoms. The van der Waals surface area contributed by atoms with Crippen molar-refractivity contribution in [3.8, 4) is 0 Å². The summed E-state index contributed by atoms with van der Waals surface area (Å²) in [6.07, 6.45) is 4.64. The quantitative estimate of drug-likeness (QED) is 0.636. The summed E-state index contributed by atoms with van der Waals surface area (Å²) in [5.41, 5.74) is -0.270. The molecule has 0 aromatic heterocycles. The van der Waals surface area contributed by atoms with Crippen LogP contribution in [0.15, 0.2) is 0 Å². The smallest absolute Gasteiger partial charge is 0.0661 e. The number of aliphatic hydroxyl groups excluding tert-OH is 2. The molecule has 0 amide bonds. The van der Waals surface area contributed by atoms with Crippen molar-refractivity contribution in [1.82, 2.24) is 0 Å². The van der Waals surface area contributed by atoms with Gasteiger partial charge >= 0.3 is 0 Å². The summed E-state index contributed by atoms with van der Waals surface area (Å²) < 4.78 is 0. The average molecular weight is 205 g/mol. The normalized spacial score (nSPS) is 50.5. The van der Waals surface area contributed by atoms with Crippen molar-refractivity contribution in [3.63, 3.8) is 0 Å². The van der Waals surface area contributed by atoms with Crippen LogP contribution in [-0.2, 0) is 0 Å². The van der Waals surface area contributed by atoms with Crippen molar-refractivity contribution in [2.24, 2.45) is 11.3 Å². The minimum atomic E-state index is -0.373. The Morgan fingerprint density at radius 1 is 1.38 bits per heavy atom. The fourth-order valence-corrected chi connectivity index (χ4v) is 3.57. The van der Waals surface area contributed by atoms with Gasteiger partial charge in [-0.05, 0) is 19.3 Å². The molecule has 0 aromatic rings. The van der Waals surface area contributed by atoms with Crippen LogP contribution in [0.4, 0.5) is 0 Å². The summed E-state index contributed by atoms with van der Waals surface area (Å²) in [4.78, 5) is 0. The van der Waals surface area contributed by atoms with Crippen LogP contribution in [0.5, 0.6) is 0 Å². The molecule has 2 N–H and O–H groups in total. The van der Waals surface area contributed by atoms with Crippen LogP contribution >= 0.6 is 11.6 Å². The van der Waals surface area contributed by atoms with E-state index in [0.29, 0.717) is 0 Å². The van der Waals surface area contributed by atoms with Crippen molar-refractivity contribution in [2.75, 3.05) is 6.61 Å². The molecule has 2 aliphatic rings. The highest BCUT2D eigenvalue weighted by molar-refractivity contribution is 6.21. The van der Waals surface area contributed by atoms with Crippen molar-refractivity contribution < 1.29 is 10.2 Å². The van der Waals surface area contributed by atoms with Crippen molar-refractivity contribution in [2.45, 2.75) is 43.6 Å². The van der Waals surface area contributed by atoms with Crippen LogP contribution in [0, 0.1) is 11.3 Å². The molecular weight excluding hydrogens is 188 g/mol. The maximum absolute atomic E-state index is 10.1. The molecule has 0 radical (unpaired) electrons. The molecule has 2 saturated carbocycles. The molecule has 2 rings (SSSR count). The van der Waals surface area contributed by atoms with E-state index in [9.17, 15) is 10.2 Å². The molecule has 2 aliphatic carbocycles. The summed E-state index contributed by atoms with van der Waals surface area (Å²) in [6, 6.07) is 0. The number of alkyl halides is 1. The molecule has 0 aliphatic heterocycles. The van der Waals surface area contributed by atoms with Gasteiger partial charge in [0.1, 0.15) is 0 Å². The number of fused-ring (bicyclic) bond motifs is 2. The lowest BCUT2D eigenvalue weighted by Gasteiger charge is -2.30. The number of rotatable bonds is 1. The molecule has 0 saturated heterocycles. The predicted octanol–water partition coefficient (Wildman–Crippen LogP) is 1.53. The number of hydrogen-bond acceptors (Lipinski definition) is 2. The average Bonchev–Trinajstić information content (AvgIpc) is 2.26. The zero-order valence-electron chi connectivity index (χ0n) is 7.75. The van der Waals surface area contributed by atoms with E-state index >= 15 is 0 Å². The second-order valence-corrected chi connectivity index (χ2v) is 5.16. The van der Waals surface area contributed by atoms with Gasteiger partial charge in [-0.15, -0.1) is 11.6 Å². The van der Waals surface area contributed by atoms with Crippen LogP contribution in [0.3, 0.4) is 0 Å². The van der Waals surface area contributed by atoms with E-state index in [2.05, 4.69) is 0 Å². The number of aliphatic hydroxyl groups is 2. The van der Waals surface area contributed by atoms with Crippen molar-refractivity contribution in [3.05, 3.63) is 0 Å². The molecule has 2 fully saturated rings. The zero-order chi connectivity index (χ0) is 9.47. The Hall–Kier alpha value is 0.210. The van der Waals surface area contributed by atoms with Crippen molar-refractivity contribution in [1.29, 1.82) is 0 Å². The molecular formula is C10H17ClO2. The van der Waals surface area contributed by atoms with Gasteiger partial charge < -0.3 is 10.2 Å². The molecule has 0 spiro atoms. The lowest BCUT2D eigenvalue weighted by Crippen LogP contribution is -2.35. The van der Waals surface area contributed by atoms with E-state index < -0.39 is 0 Å². The fourth-order valence-electron chi connectivity index (χ4n) is 3.00. The molecule has 4 atom stereocenters. The SMILES string of the molecule is OC[C@@]12CCCC[C@@H]([C@H](Cl)C1)[C@@H]2O. The van der Waals surface area contributed by atoms with E-state index in [0.717, 1.165) is 32.1 Å². The van der Waals surface area contributed by atoms with Crippen LogP contribution in [0.25, 0.3) is 0 Å². The molecule has 0 heterocycles. The first-order chi connectivity index (χ1) is 6.19. The van der Waals surface area contributed by atoms with Gasteiger partial charge in [0, 0.05) is 16.7 Å². The topological polar surface area (TPSA) is 40.5 Å². The van der Waals surface area contributed by atoms with Gasteiger partial charge in [-0.2, -0.15) is 0 Å². The molecule has 2 nitrogen and oxygen atoms in total. The summed E-state index contributed by atoms with van der Waals surface area (Å²) in [5.74, 6) is 0.219. The first-order valence-electron chi connectivity index (χ1n) is 5.13. The second kappa shape index (κ2) is 3.41. The standard InChI is InChI=1S/C10H17ClO2/c11-8-5-10(6-12)4-2-1-3-7(8)9(10)13/h7-9,12-13H,1-6H2/t7-,8+,9-,10+/m0/s1. The number of hydrogen-bond donors (Lipinski definition) is 2. The highest BCUT2D eigenvalue weighted by Gasteiger charge is 2.52. The van der Waals surface area contributed by atoms with Gasteiger partial charge in [0.2, 0.25) is 0 Å². The summed E-state index contributed by atoms with van der Waals surface area (Å²) in [5, 5.41) is 19.5. The third kappa shape index (κ3) is 1.39. The highest BCUT2D eigenvalue weighted by Crippen LogP contribution is 2.51. The van der Waals surface area contributed by atoms with E-state index in [4.69, 9.17) is 11.6 Å². The lowest BCUT2D eigenvalue weighted by atomic mass is 9.80. The maximum atomic E-state index is 10.1. The summed E-state index contributed by atoms with van der Waals surface area (Å²) in [7, 11) is 0. The highest BCUT2D eigenvalue weighted by atomic mass is 35.5. The van der Waals surface area contributed by atoms with E-state index in [1.165, 1.54) is 0 Å². The summed E-state index contributed by atoms with van der Waals surface area (Å²) in [6.45, 7) is 0.0912. The van der Waals surface area contributed by atoms with Gasteiger partial charge in [0.15, 0.2) is 0 Å².